The van der Waals surface area contributed by atoms with E-state index in [0.29, 0.717) is 0 Å². The topological polar surface area (TPSA) is 0 Å². The van der Waals surface area contributed by atoms with Gasteiger partial charge in [0.05, 0.1) is 0 Å². The zero-order chi connectivity index (χ0) is 6.53. The SMILES string of the molecule is ClCCC1CCSCC1. The molecule has 0 aliphatic carbocycles. The van der Waals surface area contributed by atoms with Gasteiger partial charge in [0.25, 0.3) is 0 Å². The molecule has 0 spiro atoms. The van der Waals surface area contributed by atoms with Crippen molar-refractivity contribution in [1.82, 2.24) is 0 Å². The van der Waals surface area contributed by atoms with E-state index in [1.54, 1.807) is 0 Å². The lowest BCUT2D eigenvalue weighted by atomic mass is 10.0. The number of rotatable bonds is 2. The minimum atomic E-state index is 0.856. The van der Waals surface area contributed by atoms with E-state index in [-0.39, 0.29) is 0 Å². The minimum Gasteiger partial charge on any atom is -0.162 e. The fourth-order valence-corrected chi connectivity index (χ4v) is 2.70. The van der Waals surface area contributed by atoms with Crippen molar-refractivity contribution >= 4 is 23.4 Å². The Morgan fingerprint density at radius 3 is 2.56 bits per heavy atom. The van der Waals surface area contributed by atoms with E-state index in [1.807, 2.05) is 0 Å². The van der Waals surface area contributed by atoms with Crippen LogP contribution in [0, 0.1) is 5.92 Å². The first-order valence-electron chi connectivity index (χ1n) is 3.57. The molecule has 54 valence electrons. The molecule has 0 amide bonds. The average Bonchev–Trinajstić information content (AvgIpc) is 1.91. The van der Waals surface area contributed by atoms with Crippen LogP contribution in [-0.4, -0.2) is 17.4 Å². The molecule has 1 rings (SSSR count). The van der Waals surface area contributed by atoms with Gasteiger partial charge in [-0.25, -0.2) is 0 Å². The van der Waals surface area contributed by atoms with Gasteiger partial charge in [-0.3, -0.25) is 0 Å². The lowest BCUT2D eigenvalue weighted by Gasteiger charge is -2.19. The number of hydrogen-bond acceptors (Lipinski definition) is 1. The van der Waals surface area contributed by atoms with Gasteiger partial charge in [-0.15, -0.1) is 11.6 Å². The quantitative estimate of drug-likeness (QED) is 0.566. The molecule has 1 aliphatic rings. The Labute approximate surface area is 66.3 Å². The minimum absolute atomic E-state index is 0.856. The van der Waals surface area contributed by atoms with Crippen LogP contribution in [0.1, 0.15) is 19.3 Å². The molecule has 0 atom stereocenters. The van der Waals surface area contributed by atoms with Crippen molar-refractivity contribution in [2.24, 2.45) is 5.92 Å². The second-order valence-corrected chi connectivity index (χ2v) is 4.14. The predicted octanol–water partition coefficient (Wildman–Crippen LogP) is 2.76. The zero-order valence-electron chi connectivity index (χ0n) is 5.61. The summed E-state index contributed by atoms with van der Waals surface area (Å²) in [6, 6.07) is 0. The van der Waals surface area contributed by atoms with Crippen molar-refractivity contribution in [2.75, 3.05) is 17.4 Å². The monoisotopic (exact) mass is 164 g/mol. The molecule has 0 bridgehead atoms. The van der Waals surface area contributed by atoms with Crippen LogP contribution < -0.4 is 0 Å². The Kier molecular flexibility index (Phi) is 3.83. The number of hydrogen-bond donors (Lipinski definition) is 0. The van der Waals surface area contributed by atoms with E-state index in [1.165, 1.54) is 30.8 Å². The highest BCUT2D eigenvalue weighted by Crippen LogP contribution is 2.25. The van der Waals surface area contributed by atoms with E-state index in [0.717, 1.165) is 11.8 Å². The molecule has 2 heteroatoms. The Bertz CT molecular complexity index is 66.6. The second kappa shape index (κ2) is 4.45. The van der Waals surface area contributed by atoms with Gasteiger partial charge in [0.1, 0.15) is 0 Å². The lowest BCUT2D eigenvalue weighted by Crippen LogP contribution is -2.09. The standard InChI is InChI=1S/C7H13ClS/c8-4-1-7-2-5-9-6-3-7/h7H,1-6H2. The normalized spacial score (nSPS) is 22.3. The first-order chi connectivity index (χ1) is 4.43. The average molecular weight is 165 g/mol. The highest BCUT2D eigenvalue weighted by Gasteiger charge is 2.11. The van der Waals surface area contributed by atoms with Gasteiger partial charge in [-0.1, -0.05) is 0 Å². The molecule has 0 N–H and O–H groups in total. The van der Waals surface area contributed by atoms with Crippen LogP contribution >= 0.6 is 23.4 Å². The Balaban J connectivity index is 2.08. The number of thioether (sulfide) groups is 1. The third-order valence-electron chi connectivity index (χ3n) is 1.86. The summed E-state index contributed by atoms with van der Waals surface area (Å²) >= 11 is 7.71. The second-order valence-electron chi connectivity index (χ2n) is 2.53. The van der Waals surface area contributed by atoms with Gasteiger partial charge in [-0.2, -0.15) is 11.8 Å². The molecule has 9 heavy (non-hydrogen) atoms. The molecule has 0 unspecified atom stereocenters. The summed E-state index contributed by atoms with van der Waals surface area (Å²) in [5, 5.41) is 0. The molecule has 0 aromatic heterocycles. The molecule has 0 radical (unpaired) electrons. The summed E-state index contributed by atoms with van der Waals surface area (Å²) < 4.78 is 0. The van der Waals surface area contributed by atoms with Crippen molar-refractivity contribution in [1.29, 1.82) is 0 Å². The van der Waals surface area contributed by atoms with E-state index in [9.17, 15) is 0 Å². The van der Waals surface area contributed by atoms with Gasteiger partial charge >= 0.3 is 0 Å². The van der Waals surface area contributed by atoms with Gasteiger partial charge in [0.15, 0.2) is 0 Å². The fraction of sp³-hybridized carbons (Fsp3) is 1.00. The summed E-state index contributed by atoms with van der Waals surface area (Å²) in [6.07, 6.45) is 4.04. The maximum atomic E-state index is 5.63. The largest absolute Gasteiger partial charge is 0.162 e. The van der Waals surface area contributed by atoms with Crippen molar-refractivity contribution in [3.63, 3.8) is 0 Å². The molecular weight excluding hydrogens is 152 g/mol. The van der Waals surface area contributed by atoms with E-state index in [4.69, 9.17) is 11.6 Å². The summed E-state index contributed by atoms with van der Waals surface area (Å²) in [5.74, 6) is 4.53. The Morgan fingerprint density at radius 2 is 2.00 bits per heavy atom. The molecule has 0 aromatic rings. The summed E-state index contributed by atoms with van der Waals surface area (Å²) in [5.41, 5.74) is 0. The van der Waals surface area contributed by atoms with Crippen molar-refractivity contribution < 1.29 is 0 Å². The van der Waals surface area contributed by atoms with Gasteiger partial charge in [0, 0.05) is 5.88 Å². The molecule has 1 fully saturated rings. The number of halogens is 1. The van der Waals surface area contributed by atoms with Crippen molar-refractivity contribution in [3.05, 3.63) is 0 Å². The van der Waals surface area contributed by atoms with Crippen LogP contribution in [0.5, 0.6) is 0 Å². The molecular formula is C7H13ClS. The van der Waals surface area contributed by atoms with E-state index in [2.05, 4.69) is 11.8 Å². The molecule has 1 saturated heterocycles. The molecule has 1 heterocycles. The van der Waals surface area contributed by atoms with Crippen LogP contribution in [0.2, 0.25) is 0 Å². The number of alkyl halides is 1. The smallest absolute Gasteiger partial charge is 0.0226 e. The van der Waals surface area contributed by atoms with Gasteiger partial charge in [-0.05, 0) is 36.7 Å². The van der Waals surface area contributed by atoms with Crippen LogP contribution in [0.4, 0.5) is 0 Å². The Hall–Kier alpha value is 0.640. The predicted molar refractivity (Wildman–Crippen MR) is 45.4 cm³/mol. The van der Waals surface area contributed by atoms with Crippen LogP contribution in [0.3, 0.4) is 0 Å². The summed E-state index contributed by atoms with van der Waals surface area (Å²) in [7, 11) is 0. The van der Waals surface area contributed by atoms with E-state index >= 15 is 0 Å². The highest BCUT2D eigenvalue weighted by atomic mass is 35.5. The Morgan fingerprint density at radius 1 is 1.33 bits per heavy atom. The fourth-order valence-electron chi connectivity index (χ4n) is 1.19. The molecule has 1 aliphatic heterocycles. The highest BCUT2D eigenvalue weighted by molar-refractivity contribution is 7.99. The lowest BCUT2D eigenvalue weighted by molar-refractivity contribution is 0.477. The van der Waals surface area contributed by atoms with Crippen molar-refractivity contribution in [2.45, 2.75) is 19.3 Å². The van der Waals surface area contributed by atoms with Crippen molar-refractivity contribution in [3.8, 4) is 0 Å². The third kappa shape index (κ3) is 2.81. The first-order valence-corrected chi connectivity index (χ1v) is 5.26. The molecule has 0 aromatic carbocycles. The van der Waals surface area contributed by atoms with E-state index < -0.39 is 0 Å². The van der Waals surface area contributed by atoms with Gasteiger partial charge in [0.2, 0.25) is 0 Å². The van der Waals surface area contributed by atoms with Crippen LogP contribution in [0.25, 0.3) is 0 Å². The first kappa shape index (κ1) is 7.74. The maximum absolute atomic E-state index is 5.63. The summed E-state index contributed by atoms with van der Waals surface area (Å²) in [4.78, 5) is 0. The zero-order valence-corrected chi connectivity index (χ0v) is 7.18. The molecule has 0 nitrogen and oxygen atoms in total. The molecule has 0 saturated carbocycles. The summed E-state index contributed by atoms with van der Waals surface area (Å²) in [6.45, 7) is 0. The third-order valence-corrected chi connectivity index (χ3v) is 3.13. The van der Waals surface area contributed by atoms with Crippen LogP contribution in [-0.2, 0) is 0 Å². The van der Waals surface area contributed by atoms with Gasteiger partial charge < -0.3 is 0 Å². The van der Waals surface area contributed by atoms with Crippen LogP contribution in [0.15, 0.2) is 0 Å². The maximum Gasteiger partial charge on any atom is 0.0226 e.